The highest BCUT2D eigenvalue weighted by Gasteiger charge is 1.84. The van der Waals surface area contributed by atoms with Gasteiger partial charge in [0.2, 0.25) is 0 Å². The summed E-state index contributed by atoms with van der Waals surface area (Å²) in [6.07, 6.45) is 13.0. The Morgan fingerprint density at radius 2 is 2.00 bits per heavy atom. The van der Waals surface area contributed by atoms with E-state index in [1.807, 2.05) is 0 Å². The van der Waals surface area contributed by atoms with E-state index in [9.17, 15) is 0 Å². The molecule has 9 heavy (non-hydrogen) atoms. The van der Waals surface area contributed by atoms with Gasteiger partial charge < -0.3 is 0 Å². The molecular formula is C9H12. The van der Waals surface area contributed by atoms with Crippen LogP contribution in [0.25, 0.3) is 0 Å². The summed E-state index contributed by atoms with van der Waals surface area (Å²) in [4.78, 5) is 0. The van der Waals surface area contributed by atoms with Gasteiger partial charge in [0.25, 0.3) is 0 Å². The van der Waals surface area contributed by atoms with Crippen molar-refractivity contribution in [2.75, 3.05) is 0 Å². The highest BCUT2D eigenvalue weighted by molar-refractivity contribution is 5.14. The molecule has 0 aromatic heterocycles. The molecule has 0 saturated carbocycles. The first kappa shape index (κ1) is 6.34. The standard InChI is InChI=1S/C9H12/c1-9-7-5-3-2-4-6-8-9/h2-5,8H,6-7H2,1H3. The van der Waals surface area contributed by atoms with Gasteiger partial charge in [-0.3, -0.25) is 0 Å². The second kappa shape index (κ2) is 3.29. The number of allylic oxidation sites excluding steroid dienone is 6. The summed E-state index contributed by atoms with van der Waals surface area (Å²) in [7, 11) is 0. The summed E-state index contributed by atoms with van der Waals surface area (Å²) in [5, 5.41) is 0. The summed E-state index contributed by atoms with van der Waals surface area (Å²) >= 11 is 0. The monoisotopic (exact) mass is 120 g/mol. The number of hydrogen-bond acceptors (Lipinski definition) is 0. The van der Waals surface area contributed by atoms with Gasteiger partial charge in [0.15, 0.2) is 0 Å². The minimum absolute atomic E-state index is 1.09. The molecule has 0 bridgehead atoms. The topological polar surface area (TPSA) is 0 Å². The van der Waals surface area contributed by atoms with E-state index in [1.165, 1.54) is 5.57 Å². The molecule has 0 atom stereocenters. The zero-order valence-electron chi connectivity index (χ0n) is 5.80. The van der Waals surface area contributed by atoms with Crippen molar-refractivity contribution in [1.82, 2.24) is 0 Å². The molecule has 0 aliphatic heterocycles. The predicted octanol–water partition coefficient (Wildman–Crippen LogP) is 2.84. The van der Waals surface area contributed by atoms with Gasteiger partial charge in [0.1, 0.15) is 0 Å². The molecule has 1 rings (SSSR count). The number of rotatable bonds is 0. The highest BCUT2D eigenvalue weighted by Crippen LogP contribution is 2.05. The van der Waals surface area contributed by atoms with Crippen LogP contribution in [0.1, 0.15) is 19.8 Å². The van der Waals surface area contributed by atoms with Crippen molar-refractivity contribution in [3.05, 3.63) is 36.0 Å². The van der Waals surface area contributed by atoms with Gasteiger partial charge in [-0.1, -0.05) is 36.0 Å². The van der Waals surface area contributed by atoms with Crippen molar-refractivity contribution in [2.45, 2.75) is 19.8 Å². The molecule has 0 radical (unpaired) electrons. The molecule has 0 amide bonds. The third-order valence-corrected chi connectivity index (χ3v) is 1.43. The first-order chi connectivity index (χ1) is 4.39. The second-order valence-corrected chi connectivity index (χ2v) is 2.35. The fraction of sp³-hybridized carbons (Fsp3) is 0.333. The smallest absolute Gasteiger partial charge is 0.0138 e. The molecule has 1 aliphatic carbocycles. The SMILES string of the molecule is CC1=CCC=CC=CC1. The molecule has 48 valence electrons. The van der Waals surface area contributed by atoms with E-state index in [2.05, 4.69) is 37.3 Å². The molecular weight excluding hydrogens is 108 g/mol. The van der Waals surface area contributed by atoms with Gasteiger partial charge in [-0.25, -0.2) is 0 Å². The van der Waals surface area contributed by atoms with Crippen molar-refractivity contribution < 1.29 is 0 Å². The lowest BCUT2D eigenvalue weighted by atomic mass is 10.1. The normalized spacial score (nSPS) is 18.6. The lowest BCUT2D eigenvalue weighted by Gasteiger charge is -1.95. The average molecular weight is 120 g/mol. The van der Waals surface area contributed by atoms with Gasteiger partial charge in [-0.15, -0.1) is 0 Å². The second-order valence-electron chi connectivity index (χ2n) is 2.35. The lowest BCUT2D eigenvalue weighted by Crippen LogP contribution is -1.74. The van der Waals surface area contributed by atoms with Crippen molar-refractivity contribution in [2.24, 2.45) is 0 Å². The largest absolute Gasteiger partial charge is 0.0815 e. The molecule has 1 aliphatic rings. The van der Waals surface area contributed by atoms with Gasteiger partial charge >= 0.3 is 0 Å². The Labute approximate surface area is 56.6 Å². The van der Waals surface area contributed by atoms with Crippen LogP contribution >= 0.6 is 0 Å². The predicted molar refractivity (Wildman–Crippen MR) is 41.3 cm³/mol. The Morgan fingerprint density at radius 3 is 2.89 bits per heavy atom. The van der Waals surface area contributed by atoms with Crippen LogP contribution in [-0.4, -0.2) is 0 Å². The Balaban J connectivity index is 2.61. The Hall–Kier alpha value is -0.780. The molecule has 0 nitrogen and oxygen atoms in total. The van der Waals surface area contributed by atoms with E-state index in [0.29, 0.717) is 0 Å². The van der Waals surface area contributed by atoms with Crippen LogP contribution in [0.15, 0.2) is 36.0 Å². The van der Waals surface area contributed by atoms with Crippen molar-refractivity contribution >= 4 is 0 Å². The molecule has 0 aromatic rings. The van der Waals surface area contributed by atoms with E-state index in [1.54, 1.807) is 0 Å². The minimum Gasteiger partial charge on any atom is -0.0815 e. The molecule has 0 heteroatoms. The summed E-state index contributed by atoms with van der Waals surface area (Å²) < 4.78 is 0. The maximum absolute atomic E-state index is 2.26. The van der Waals surface area contributed by atoms with Crippen molar-refractivity contribution in [1.29, 1.82) is 0 Å². The molecule has 0 heterocycles. The third-order valence-electron chi connectivity index (χ3n) is 1.43. The summed E-state index contributed by atoms with van der Waals surface area (Å²) in [6, 6.07) is 0. The van der Waals surface area contributed by atoms with E-state index < -0.39 is 0 Å². The Morgan fingerprint density at radius 1 is 1.22 bits per heavy atom. The molecule has 0 unspecified atom stereocenters. The van der Waals surface area contributed by atoms with Gasteiger partial charge in [0, 0.05) is 0 Å². The fourth-order valence-corrected chi connectivity index (χ4v) is 0.842. The fourth-order valence-electron chi connectivity index (χ4n) is 0.842. The first-order valence-corrected chi connectivity index (χ1v) is 3.37. The van der Waals surface area contributed by atoms with E-state index in [4.69, 9.17) is 0 Å². The van der Waals surface area contributed by atoms with Gasteiger partial charge in [-0.05, 0) is 19.8 Å². The van der Waals surface area contributed by atoms with E-state index in [-0.39, 0.29) is 0 Å². The van der Waals surface area contributed by atoms with Crippen molar-refractivity contribution in [3.63, 3.8) is 0 Å². The van der Waals surface area contributed by atoms with Crippen LogP contribution in [0.5, 0.6) is 0 Å². The third kappa shape index (κ3) is 2.31. The van der Waals surface area contributed by atoms with Gasteiger partial charge in [0.05, 0.1) is 0 Å². The Kier molecular flexibility index (Phi) is 2.32. The zero-order valence-corrected chi connectivity index (χ0v) is 5.80. The van der Waals surface area contributed by atoms with Crippen LogP contribution in [0.3, 0.4) is 0 Å². The maximum Gasteiger partial charge on any atom is -0.0138 e. The zero-order chi connectivity index (χ0) is 6.53. The maximum atomic E-state index is 2.26. The number of hydrogen-bond donors (Lipinski definition) is 0. The van der Waals surface area contributed by atoms with Crippen LogP contribution in [-0.2, 0) is 0 Å². The van der Waals surface area contributed by atoms with Crippen LogP contribution in [0, 0.1) is 0 Å². The van der Waals surface area contributed by atoms with Crippen LogP contribution < -0.4 is 0 Å². The Bertz CT molecular complexity index is 159. The summed E-state index contributed by atoms with van der Waals surface area (Å²) in [5.74, 6) is 0. The van der Waals surface area contributed by atoms with Crippen LogP contribution in [0.4, 0.5) is 0 Å². The van der Waals surface area contributed by atoms with Gasteiger partial charge in [-0.2, -0.15) is 0 Å². The van der Waals surface area contributed by atoms with Crippen LogP contribution in [0.2, 0.25) is 0 Å². The quantitative estimate of drug-likeness (QED) is 0.431. The van der Waals surface area contributed by atoms with E-state index in [0.717, 1.165) is 12.8 Å². The molecule has 0 spiro atoms. The lowest BCUT2D eigenvalue weighted by molar-refractivity contribution is 1.16. The van der Waals surface area contributed by atoms with Crippen molar-refractivity contribution in [3.8, 4) is 0 Å². The first-order valence-electron chi connectivity index (χ1n) is 3.37. The molecule has 0 aromatic carbocycles. The highest BCUT2D eigenvalue weighted by atomic mass is 13.9. The van der Waals surface area contributed by atoms with E-state index >= 15 is 0 Å². The average Bonchev–Trinajstić information content (AvgIpc) is 1.79. The summed E-state index contributed by atoms with van der Waals surface area (Å²) in [6.45, 7) is 2.17. The summed E-state index contributed by atoms with van der Waals surface area (Å²) in [5.41, 5.74) is 1.47. The minimum atomic E-state index is 1.09. The molecule has 0 saturated heterocycles. The molecule has 0 N–H and O–H groups in total. The molecule has 0 fully saturated rings.